The van der Waals surface area contributed by atoms with Crippen LogP contribution in [-0.2, 0) is 0 Å². The first kappa shape index (κ1) is 8.54. The van der Waals surface area contributed by atoms with Gasteiger partial charge in [0.05, 0.1) is 0 Å². The average Bonchev–Trinajstić information content (AvgIpc) is 1.96. The van der Waals surface area contributed by atoms with Gasteiger partial charge in [-0.1, -0.05) is 0 Å². The summed E-state index contributed by atoms with van der Waals surface area (Å²) in [6.07, 6.45) is 0. The van der Waals surface area contributed by atoms with Crippen molar-refractivity contribution in [2.75, 3.05) is 23.5 Å². The van der Waals surface area contributed by atoms with E-state index in [0.717, 1.165) is 0 Å². The van der Waals surface area contributed by atoms with Gasteiger partial charge in [0.15, 0.2) is 11.6 Å². The van der Waals surface area contributed by atoms with E-state index in [9.17, 15) is 0 Å². The largest absolute Gasteiger partial charge is 0.393 e. The van der Waals surface area contributed by atoms with Crippen molar-refractivity contribution in [3.05, 3.63) is 5.82 Å². The van der Waals surface area contributed by atoms with Crippen molar-refractivity contribution in [1.82, 2.24) is 9.97 Å². The van der Waals surface area contributed by atoms with Crippen LogP contribution in [0.25, 0.3) is 0 Å². The summed E-state index contributed by atoms with van der Waals surface area (Å²) >= 11 is 0. The van der Waals surface area contributed by atoms with Gasteiger partial charge in [0, 0.05) is 7.05 Å². The van der Waals surface area contributed by atoms with E-state index < -0.39 is 0 Å². The number of nitrogens with zero attached hydrogens (tertiary/aromatic N) is 3. The SMILES string of the molecule is Cc1nc(N)c(N)c(N(C)N)n1. The topological polar surface area (TPSA) is 107 Å². The van der Waals surface area contributed by atoms with E-state index in [-0.39, 0.29) is 5.82 Å². The molecular formula is C6H12N6. The monoisotopic (exact) mass is 168 g/mol. The van der Waals surface area contributed by atoms with Crippen LogP contribution in [0, 0.1) is 6.92 Å². The van der Waals surface area contributed by atoms with Gasteiger partial charge in [0.25, 0.3) is 0 Å². The highest BCUT2D eigenvalue weighted by atomic mass is 15.4. The van der Waals surface area contributed by atoms with Gasteiger partial charge in [-0.15, -0.1) is 0 Å². The molecule has 0 spiro atoms. The van der Waals surface area contributed by atoms with Crippen LogP contribution in [0.15, 0.2) is 0 Å². The molecule has 0 saturated carbocycles. The lowest BCUT2D eigenvalue weighted by Gasteiger charge is -2.14. The molecule has 1 heterocycles. The van der Waals surface area contributed by atoms with Crippen LogP contribution >= 0.6 is 0 Å². The molecule has 0 unspecified atom stereocenters. The number of rotatable bonds is 1. The van der Waals surface area contributed by atoms with Crippen LogP contribution in [0.1, 0.15) is 5.82 Å². The van der Waals surface area contributed by atoms with Crippen LogP contribution in [0.2, 0.25) is 0 Å². The summed E-state index contributed by atoms with van der Waals surface area (Å²) in [5.74, 6) is 6.71. The summed E-state index contributed by atoms with van der Waals surface area (Å²) in [6.45, 7) is 1.72. The van der Waals surface area contributed by atoms with Crippen LogP contribution in [0.5, 0.6) is 0 Å². The van der Waals surface area contributed by atoms with E-state index in [1.54, 1.807) is 14.0 Å². The predicted octanol–water partition coefficient (Wildman–Crippen LogP) is -0.741. The van der Waals surface area contributed by atoms with E-state index >= 15 is 0 Å². The molecular weight excluding hydrogens is 156 g/mol. The number of nitrogens with two attached hydrogens (primary N) is 3. The Morgan fingerprint density at radius 1 is 1.25 bits per heavy atom. The summed E-state index contributed by atoms with van der Waals surface area (Å²) < 4.78 is 0. The maximum Gasteiger partial charge on any atom is 0.171 e. The first-order chi connectivity index (χ1) is 5.52. The van der Waals surface area contributed by atoms with E-state index in [0.29, 0.717) is 17.3 Å². The first-order valence-electron chi connectivity index (χ1n) is 3.40. The third-order valence-electron chi connectivity index (χ3n) is 1.40. The fourth-order valence-electron chi connectivity index (χ4n) is 0.856. The minimum atomic E-state index is 0.259. The van der Waals surface area contributed by atoms with Gasteiger partial charge >= 0.3 is 0 Å². The molecule has 0 fully saturated rings. The molecule has 1 aromatic rings. The highest BCUT2D eigenvalue weighted by Gasteiger charge is 2.08. The second-order valence-corrected chi connectivity index (χ2v) is 2.50. The van der Waals surface area contributed by atoms with Gasteiger partial charge in [-0.3, -0.25) is 5.01 Å². The number of hydrazine groups is 1. The van der Waals surface area contributed by atoms with Gasteiger partial charge < -0.3 is 11.5 Å². The Kier molecular flexibility index (Phi) is 2.01. The van der Waals surface area contributed by atoms with Gasteiger partial charge in [-0.05, 0) is 6.92 Å². The zero-order valence-corrected chi connectivity index (χ0v) is 7.07. The van der Waals surface area contributed by atoms with E-state index in [4.69, 9.17) is 17.3 Å². The molecule has 6 N–H and O–H groups in total. The summed E-state index contributed by atoms with van der Waals surface area (Å²) in [6, 6.07) is 0. The van der Waals surface area contributed by atoms with Gasteiger partial charge in [0.2, 0.25) is 0 Å². The Morgan fingerprint density at radius 2 is 1.83 bits per heavy atom. The highest BCUT2D eigenvalue weighted by molar-refractivity contribution is 5.72. The Bertz CT molecular complexity index is 294. The molecule has 0 bridgehead atoms. The third-order valence-corrected chi connectivity index (χ3v) is 1.40. The minimum absolute atomic E-state index is 0.259. The highest BCUT2D eigenvalue weighted by Crippen LogP contribution is 2.21. The quantitative estimate of drug-likeness (QED) is 0.376. The maximum atomic E-state index is 5.58. The fourth-order valence-corrected chi connectivity index (χ4v) is 0.856. The summed E-state index contributed by atoms with van der Waals surface area (Å²) in [4.78, 5) is 7.89. The van der Waals surface area contributed by atoms with E-state index in [2.05, 4.69) is 9.97 Å². The van der Waals surface area contributed by atoms with Crippen molar-refractivity contribution < 1.29 is 0 Å². The lowest BCUT2D eigenvalue weighted by atomic mass is 10.4. The summed E-state index contributed by atoms with van der Waals surface area (Å²) in [5.41, 5.74) is 11.4. The van der Waals surface area contributed by atoms with E-state index in [1.807, 2.05) is 0 Å². The number of hydrogen-bond donors (Lipinski definition) is 3. The van der Waals surface area contributed by atoms with Crippen molar-refractivity contribution in [2.24, 2.45) is 5.84 Å². The molecule has 0 radical (unpaired) electrons. The van der Waals surface area contributed by atoms with Crippen LogP contribution in [-0.4, -0.2) is 17.0 Å². The van der Waals surface area contributed by atoms with Gasteiger partial charge in [-0.25, -0.2) is 15.8 Å². The van der Waals surface area contributed by atoms with Crippen LogP contribution in [0.4, 0.5) is 17.3 Å². The summed E-state index contributed by atoms with van der Waals surface area (Å²) in [5, 5.41) is 1.31. The molecule has 0 amide bonds. The number of nitrogen functional groups attached to an aromatic ring is 2. The lowest BCUT2D eigenvalue weighted by Crippen LogP contribution is -2.28. The van der Waals surface area contributed by atoms with Crippen LogP contribution in [0.3, 0.4) is 0 Å². The number of aromatic nitrogens is 2. The molecule has 66 valence electrons. The zero-order chi connectivity index (χ0) is 9.30. The molecule has 6 nitrogen and oxygen atoms in total. The van der Waals surface area contributed by atoms with Crippen molar-refractivity contribution in [2.45, 2.75) is 6.92 Å². The second-order valence-electron chi connectivity index (χ2n) is 2.50. The van der Waals surface area contributed by atoms with Crippen molar-refractivity contribution in [3.63, 3.8) is 0 Å². The second kappa shape index (κ2) is 2.82. The predicted molar refractivity (Wildman–Crippen MR) is 48.2 cm³/mol. The van der Waals surface area contributed by atoms with Crippen molar-refractivity contribution in [1.29, 1.82) is 0 Å². The molecule has 0 atom stereocenters. The molecule has 12 heavy (non-hydrogen) atoms. The Hall–Kier alpha value is -1.56. The standard InChI is InChI=1S/C6H12N6/c1-3-10-5(8)4(7)6(11-3)12(2)9/h7,9H2,1-2H3,(H2,8,10,11). The molecule has 0 aliphatic heterocycles. The number of anilines is 3. The minimum Gasteiger partial charge on any atom is -0.393 e. The Balaban J connectivity index is 3.28. The van der Waals surface area contributed by atoms with Crippen molar-refractivity contribution >= 4 is 17.3 Å². The first-order valence-corrected chi connectivity index (χ1v) is 3.40. The molecule has 6 heteroatoms. The molecule has 0 aliphatic rings. The third kappa shape index (κ3) is 1.37. The molecule has 0 aliphatic carbocycles. The number of hydrogen-bond acceptors (Lipinski definition) is 6. The zero-order valence-electron chi connectivity index (χ0n) is 7.07. The Morgan fingerprint density at radius 3 is 2.33 bits per heavy atom. The summed E-state index contributed by atoms with van der Waals surface area (Å²) in [7, 11) is 1.64. The lowest BCUT2D eigenvalue weighted by molar-refractivity contribution is 0.944. The van der Waals surface area contributed by atoms with Crippen LogP contribution < -0.4 is 22.3 Å². The van der Waals surface area contributed by atoms with Gasteiger partial charge in [0.1, 0.15) is 11.5 Å². The fraction of sp³-hybridized carbons (Fsp3) is 0.333. The molecule has 1 aromatic heterocycles. The Labute approximate surface area is 70.4 Å². The smallest absolute Gasteiger partial charge is 0.171 e. The maximum absolute atomic E-state index is 5.58. The molecule has 0 aromatic carbocycles. The number of aryl methyl sites for hydroxylation is 1. The molecule has 0 saturated heterocycles. The van der Waals surface area contributed by atoms with Gasteiger partial charge in [-0.2, -0.15) is 0 Å². The van der Waals surface area contributed by atoms with Crippen molar-refractivity contribution in [3.8, 4) is 0 Å². The molecule has 1 rings (SSSR count). The normalized spacial score (nSPS) is 9.92. The van der Waals surface area contributed by atoms with E-state index in [1.165, 1.54) is 5.01 Å². The average molecular weight is 168 g/mol.